The Hall–Kier alpha value is -8.32. The Morgan fingerprint density at radius 3 is 1.53 bits per heavy atom. The lowest BCUT2D eigenvalue weighted by atomic mass is 10.1. The van der Waals surface area contributed by atoms with Crippen LogP contribution in [-0.2, 0) is 0 Å². The van der Waals surface area contributed by atoms with E-state index in [-0.39, 0.29) is 18.9 Å². The number of nitrogens with zero attached hydrogens (tertiary/aromatic N) is 12. The minimum Gasteiger partial charge on any atom is -0.436 e. The molecule has 64 heavy (non-hydrogen) atoms. The molecule has 0 aliphatic heterocycles. The van der Waals surface area contributed by atoms with Crippen LogP contribution in [0.25, 0.3) is 56.6 Å². The molecule has 10 aromatic rings. The van der Waals surface area contributed by atoms with Gasteiger partial charge < -0.3 is 19.9 Å². The van der Waals surface area contributed by atoms with E-state index in [1.807, 2.05) is 85.3 Å². The van der Waals surface area contributed by atoms with Gasteiger partial charge in [-0.3, -0.25) is 19.6 Å². The summed E-state index contributed by atoms with van der Waals surface area (Å²) in [6.45, 7) is 6.76. The van der Waals surface area contributed by atoms with Gasteiger partial charge in [-0.25, -0.2) is 29.0 Å². The number of anilines is 1. The summed E-state index contributed by atoms with van der Waals surface area (Å²) in [6.07, 6.45) is 14.0. The van der Waals surface area contributed by atoms with E-state index in [0.29, 0.717) is 57.6 Å². The van der Waals surface area contributed by atoms with Crippen molar-refractivity contribution in [2.45, 2.75) is 35.1 Å². The third-order valence-corrected chi connectivity index (χ3v) is 9.49. The highest BCUT2D eigenvalue weighted by atomic mass is 79.9. The van der Waals surface area contributed by atoms with Crippen molar-refractivity contribution in [3.8, 4) is 45.0 Å². The van der Waals surface area contributed by atoms with Crippen LogP contribution in [0.4, 0.5) is 5.69 Å². The van der Waals surface area contributed by atoms with Crippen LogP contribution in [0.1, 0.15) is 51.7 Å². The van der Waals surface area contributed by atoms with Crippen molar-refractivity contribution in [3.63, 3.8) is 0 Å². The number of fused-ring (bicyclic) bond motifs is 2. The minimum atomic E-state index is -0.571. The van der Waals surface area contributed by atoms with Crippen molar-refractivity contribution >= 4 is 45.0 Å². The van der Waals surface area contributed by atoms with E-state index in [1.165, 1.54) is 0 Å². The Morgan fingerprint density at radius 1 is 0.594 bits per heavy atom. The number of aryl methyl sites for hydroxylation is 4. The molecule has 320 valence electrons. The van der Waals surface area contributed by atoms with Gasteiger partial charge in [0.25, 0.3) is 23.4 Å². The van der Waals surface area contributed by atoms with E-state index >= 15 is 0 Å². The summed E-state index contributed by atoms with van der Waals surface area (Å²) in [5.41, 5.74) is 12.1. The Labute approximate surface area is 373 Å². The molecule has 0 unspecified atom stereocenters. The zero-order valence-electron chi connectivity index (χ0n) is 34.0. The Bertz CT molecular complexity index is 3240. The summed E-state index contributed by atoms with van der Waals surface area (Å²) in [5.74, 6) is 2.35. The number of pyridine rings is 2. The standard InChI is InChI=1S/C22H17N7O2.C16H10BrN5.C6H8N2O2.CH4/c1-13-19(31-14(2)25-13)21(30)26-18-8-16(9-23-11-18)20-27-22-24-10-17(12-29(22)28-20)15-6-4-3-5-7-15;17-14-6-12(7-18-9-14)15-20-16-19-8-13(10-22(16)21-15)11-4-2-1-3-5-11;1-3-5(6(7)9)10-4(2)8-3;/h3-12H,1-2H3,(H,26,30);1-10H;1-2H3,(H2,7,9);1H4. The summed E-state index contributed by atoms with van der Waals surface area (Å²) in [5, 5.41) is 11.8. The number of carbonyl (C=O) groups is 2. The van der Waals surface area contributed by atoms with Crippen molar-refractivity contribution in [2.75, 3.05) is 5.32 Å². The number of amides is 2. The summed E-state index contributed by atoms with van der Waals surface area (Å²) >= 11 is 3.40. The maximum Gasteiger partial charge on any atom is 0.293 e. The van der Waals surface area contributed by atoms with Crippen LogP contribution < -0.4 is 11.1 Å². The van der Waals surface area contributed by atoms with Crippen molar-refractivity contribution in [1.82, 2.24) is 59.1 Å². The van der Waals surface area contributed by atoms with Crippen LogP contribution in [0.2, 0.25) is 0 Å². The first-order valence-corrected chi connectivity index (χ1v) is 19.9. The Kier molecular flexibility index (Phi) is 13.1. The minimum absolute atomic E-state index is 0. The van der Waals surface area contributed by atoms with Crippen LogP contribution >= 0.6 is 15.9 Å². The van der Waals surface area contributed by atoms with Crippen molar-refractivity contribution in [3.05, 3.63) is 162 Å². The first kappa shape index (κ1) is 43.8. The van der Waals surface area contributed by atoms with Gasteiger partial charge in [-0.2, -0.15) is 9.97 Å². The van der Waals surface area contributed by atoms with E-state index in [9.17, 15) is 9.59 Å². The molecular weight excluding hydrogens is 880 g/mol. The zero-order valence-corrected chi connectivity index (χ0v) is 35.6. The molecule has 19 heteroatoms. The van der Waals surface area contributed by atoms with Crippen LogP contribution in [-0.4, -0.2) is 70.9 Å². The molecule has 8 heterocycles. The van der Waals surface area contributed by atoms with Crippen LogP contribution in [0, 0.1) is 27.7 Å². The fourth-order valence-corrected chi connectivity index (χ4v) is 6.59. The number of halogens is 1. The van der Waals surface area contributed by atoms with E-state index in [1.54, 1.807) is 73.8 Å². The van der Waals surface area contributed by atoms with Gasteiger partial charge in [0, 0.05) is 84.0 Å². The topological polar surface area (TPSA) is 236 Å². The lowest BCUT2D eigenvalue weighted by Gasteiger charge is -2.04. The molecule has 0 bridgehead atoms. The molecule has 0 saturated heterocycles. The van der Waals surface area contributed by atoms with Crippen LogP contribution in [0.5, 0.6) is 0 Å². The summed E-state index contributed by atoms with van der Waals surface area (Å²) in [6, 6.07) is 23.7. The van der Waals surface area contributed by atoms with Gasteiger partial charge >= 0.3 is 0 Å². The first-order chi connectivity index (χ1) is 30.5. The quantitative estimate of drug-likeness (QED) is 0.153. The average molecular weight is 920 g/mol. The van der Waals surface area contributed by atoms with Crippen LogP contribution in [0.3, 0.4) is 0 Å². The number of hydrogen-bond acceptors (Lipinski definition) is 14. The molecule has 0 fully saturated rings. The second-order valence-corrected chi connectivity index (χ2v) is 14.7. The van der Waals surface area contributed by atoms with Gasteiger partial charge in [0.15, 0.2) is 23.4 Å². The first-order valence-electron chi connectivity index (χ1n) is 19.1. The van der Waals surface area contributed by atoms with E-state index in [0.717, 1.165) is 32.3 Å². The van der Waals surface area contributed by atoms with Crippen molar-refractivity contribution in [1.29, 1.82) is 0 Å². The molecule has 0 saturated carbocycles. The second-order valence-electron chi connectivity index (χ2n) is 13.7. The molecule has 2 amide bonds. The molecule has 0 aliphatic carbocycles. The summed E-state index contributed by atoms with van der Waals surface area (Å²) in [4.78, 5) is 57.0. The highest BCUT2D eigenvalue weighted by molar-refractivity contribution is 9.10. The Balaban J connectivity index is 0.000000161. The lowest BCUT2D eigenvalue weighted by Crippen LogP contribution is -2.12. The number of hydrogen-bond donors (Lipinski definition) is 2. The molecule has 0 radical (unpaired) electrons. The molecule has 0 aliphatic rings. The number of rotatable bonds is 7. The zero-order chi connectivity index (χ0) is 44.0. The van der Waals surface area contributed by atoms with Gasteiger partial charge in [0.05, 0.1) is 23.3 Å². The predicted octanol–water partition coefficient (Wildman–Crippen LogP) is 8.35. The smallest absolute Gasteiger partial charge is 0.293 e. The maximum atomic E-state index is 12.5. The largest absolute Gasteiger partial charge is 0.436 e. The molecular formula is C45H39BrN14O4. The fraction of sp³-hybridized carbons (Fsp3) is 0.111. The number of primary amides is 1. The average Bonchev–Trinajstić information content (AvgIpc) is 4.08. The van der Waals surface area contributed by atoms with Gasteiger partial charge in [0.1, 0.15) is 0 Å². The number of aromatic nitrogens is 12. The molecule has 0 atom stereocenters. The van der Waals surface area contributed by atoms with Gasteiger partial charge in [0.2, 0.25) is 11.5 Å². The molecule has 8 aromatic heterocycles. The third-order valence-electron chi connectivity index (χ3n) is 9.06. The number of nitrogens with one attached hydrogen (secondary N) is 1. The predicted molar refractivity (Wildman–Crippen MR) is 242 cm³/mol. The highest BCUT2D eigenvalue weighted by Crippen LogP contribution is 2.24. The number of nitrogens with two attached hydrogens (primary N) is 1. The SMILES string of the molecule is Brc1cncc(-c2nc3ncc(-c4ccccc4)cn3n2)c1.C.Cc1nc(C)c(C(=O)Nc2cncc(-c3nc4ncc(-c5ccccc5)cn4n3)c2)o1.Cc1nc(C)c(C(N)=O)o1. The monoisotopic (exact) mass is 918 g/mol. The van der Waals surface area contributed by atoms with E-state index in [2.05, 4.69) is 71.3 Å². The number of carbonyl (C=O) groups excluding carboxylic acids is 2. The molecule has 10 rings (SSSR count). The maximum absolute atomic E-state index is 12.5. The van der Waals surface area contributed by atoms with Gasteiger partial charge in [-0.15, -0.1) is 10.2 Å². The highest BCUT2D eigenvalue weighted by Gasteiger charge is 2.18. The second kappa shape index (κ2) is 19.2. The third kappa shape index (κ3) is 10.1. The normalized spacial score (nSPS) is 10.6. The summed E-state index contributed by atoms with van der Waals surface area (Å²) < 4.78 is 14.5. The van der Waals surface area contributed by atoms with Gasteiger partial charge in [-0.1, -0.05) is 68.1 Å². The summed E-state index contributed by atoms with van der Waals surface area (Å²) in [7, 11) is 0. The van der Waals surface area contributed by atoms with Gasteiger partial charge in [-0.05, 0) is 53.0 Å². The number of oxazole rings is 2. The fourth-order valence-electron chi connectivity index (χ4n) is 6.22. The van der Waals surface area contributed by atoms with Crippen LogP contribution in [0.15, 0.2) is 136 Å². The van der Waals surface area contributed by atoms with E-state index < -0.39 is 11.8 Å². The molecule has 3 N–H and O–H groups in total. The van der Waals surface area contributed by atoms with Crippen molar-refractivity contribution < 1.29 is 18.4 Å². The molecule has 2 aromatic carbocycles. The molecule has 0 spiro atoms. The Morgan fingerprint density at radius 2 is 1.08 bits per heavy atom. The van der Waals surface area contributed by atoms with E-state index in [4.69, 9.17) is 14.6 Å². The number of benzene rings is 2. The van der Waals surface area contributed by atoms with Crippen molar-refractivity contribution in [2.24, 2.45) is 5.73 Å². The molecule has 18 nitrogen and oxygen atoms in total. The lowest BCUT2D eigenvalue weighted by molar-refractivity contribution is 0.0969.